The highest BCUT2D eigenvalue weighted by molar-refractivity contribution is 6.31. The fourth-order valence-corrected chi connectivity index (χ4v) is 4.37. The Morgan fingerprint density at radius 3 is 2.49 bits per heavy atom. The monoisotopic (exact) mass is 581 g/mol. The standard InChI is InChI=1S/C27H29ClFN5O.2C3H8/c1-4-25-18(3)32-26(14-30-25)31-17(2)19-6-5-7-23(12-19)33-27(35)20-8-9-21(24(28)13-20)15-34-11-10-22(29)16-34;2*1-3-2/h4-9,12-14,17,22H,3,10-11,15-16H2,1-2H3,(H,31,32)(H,33,35);2*3H2,1-2H3/b25-4+;;/t17?,22-;;/m1../s1. The van der Waals surface area contributed by atoms with Crippen molar-refractivity contribution in [3.05, 3.63) is 81.1 Å². The van der Waals surface area contributed by atoms with E-state index >= 15 is 0 Å². The molecular formula is C33H45ClFN5O. The Hall–Kier alpha value is -3.29. The highest BCUT2D eigenvalue weighted by Crippen LogP contribution is 2.24. The first kappa shape index (κ1) is 33.9. The third-order valence-electron chi connectivity index (χ3n) is 6.08. The van der Waals surface area contributed by atoms with Crippen LogP contribution in [0, 0.1) is 0 Å². The number of nitrogens with zero attached hydrogens (tertiary/aromatic N) is 3. The van der Waals surface area contributed by atoms with Gasteiger partial charge in [-0.15, -0.1) is 0 Å². The van der Waals surface area contributed by atoms with E-state index in [0.29, 0.717) is 47.0 Å². The first-order valence-electron chi connectivity index (χ1n) is 14.5. The molecule has 41 heavy (non-hydrogen) atoms. The van der Waals surface area contributed by atoms with Gasteiger partial charge in [0.2, 0.25) is 0 Å². The van der Waals surface area contributed by atoms with Crippen molar-refractivity contribution in [3.8, 4) is 0 Å². The fraction of sp³-hybridized carbons (Fsp3) is 0.424. The van der Waals surface area contributed by atoms with Crippen molar-refractivity contribution in [2.24, 2.45) is 0 Å². The van der Waals surface area contributed by atoms with Crippen LogP contribution < -0.4 is 21.3 Å². The van der Waals surface area contributed by atoms with E-state index < -0.39 is 6.17 Å². The predicted molar refractivity (Wildman–Crippen MR) is 172 cm³/mol. The lowest BCUT2D eigenvalue weighted by Crippen LogP contribution is -2.30. The molecule has 1 aromatic heterocycles. The largest absolute Gasteiger partial charge is 0.362 e. The van der Waals surface area contributed by atoms with Gasteiger partial charge in [-0.05, 0) is 55.7 Å². The molecule has 1 amide bonds. The molecule has 1 aliphatic heterocycles. The number of amides is 1. The van der Waals surface area contributed by atoms with Crippen molar-refractivity contribution in [3.63, 3.8) is 0 Å². The van der Waals surface area contributed by atoms with Crippen LogP contribution in [0.5, 0.6) is 0 Å². The van der Waals surface area contributed by atoms with Crippen LogP contribution in [0.25, 0.3) is 12.7 Å². The Labute approximate surface area is 249 Å². The summed E-state index contributed by atoms with van der Waals surface area (Å²) < 4.78 is 13.4. The van der Waals surface area contributed by atoms with E-state index in [-0.39, 0.29) is 11.9 Å². The molecule has 1 aliphatic rings. The van der Waals surface area contributed by atoms with Gasteiger partial charge >= 0.3 is 0 Å². The van der Waals surface area contributed by atoms with Gasteiger partial charge in [0.1, 0.15) is 12.0 Å². The van der Waals surface area contributed by atoms with Crippen molar-refractivity contribution in [1.29, 1.82) is 0 Å². The number of anilines is 2. The molecule has 2 aromatic carbocycles. The number of likely N-dealkylation sites (tertiary alicyclic amines) is 1. The van der Waals surface area contributed by atoms with Crippen LogP contribution in [-0.4, -0.2) is 40.0 Å². The predicted octanol–water partition coefficient (Wildman–Crippen LogP) is 7.14. The maximum atomic E-state index is 13.4. The number of hydrogen-bond acceptors (Lipinski definition) is 5. The molecule has 0 bridgehead atoms. The number of hydrogen-bond donors (Lipinski definition) is 2. The van der Waals surface area contributed by atoms with Crippen LogP contribution in [-0.2, 0) is 6.54 Å². The molecule has 1 fully saturated rings. The van der Waals surface area contributed by atoms with Gasteiger partial charge in [-0.25, -0.2) is 9.37 Å². The van der Waals surface area contributed by atoms with Gasteiger partial charge in [0.05, 0.1) is 22.9 Å². The quantitative estimate of drug-likeness (QED) is 0.310. The van der Waals surface area contributed by atoms with Crippen LogP contribution in [0.15, 0.2) is 48.7 Å². The molecule has 2 N–H and O–H groups in total. The molecule has 3 aromatic rings. The Kier molecular flexibility index (Phi) is 14.5. The summed E-state index contributed by atoms with van der Waals surface area (Å²) in [5, 5.41) is 8.14. The number of carbonyl (C=O) groups excluding carboxylic acids is 1. The number of rotatable bonds is 7. The number of nitrogens with one attached hydrogen (secondary N) is 2. The summed E-state index contributed by atoms with van der Waals surface area (Å²) in [7, 11) is 0. The van der Waals surface area contributed by atoms with E-state index in [1.807, 2.05) is 55.2 Å². The Bertz CT molecular complexity index is 1360. The second-order valence-electron chi connectivity index (χ2n) is 10.2. The summed E-state index contributed by atoms with van der Waals surface area (Å²) in [5.74, 6) is 0.383. The summed E-state index contributed by atoms with van der Waals surface area (Å²) in [6.45, 7) is 18.1. The van der Waals surface area contributed by atoms with Gasteiger partial charge in [0.15, 0.2) is 0 Å². The number of alkyl halides is 1. The number of carbonyl (C=O) groups is 1. The normalized spacial score (nSPS) is 15.7. The minimum atomic E-state index is -0.776. The molecule has 0 saturated carbocycles. The lowest BCUT2D eigenvalue weighted by atomic mass is 10.1. The fourth-order valence-electron chi connectivity index (χ4n) is 4.13. The minimum Gasteiger partial charge on any atom is -0.362 e. The molecule has 222 valence electrons. The topological polar surface area (TPSA) is 70.2 Å². The Morgan fingerprint density at radius 1 is 1.20 bits per heavy atom. The van der Waals surface area contributed by atoms with Crippen LogP contribution >= 0.6 is 11.6 Å². The molecule has 0 radical (unpaired) electrons. The highest BCUT2D eigenvalue weighted by atomic mass is 35.5. The summed E-state index contributed by atoms with van der Waals surface area (Å²) >= 11 is 6.44. The van der Waals surface area contributed by atoms with Crippen molar-refractivity contribution in [2.45, 2.75) is 79.6 Å². The molecule has 2 heterocycles. The molecule has 8 heteroatoms. The van der Waals surface area contributed by atoms with E-state index in [9.17, 15) is 9.18 Å². The van der Waals surface area contributed by atoms with Crippen molar-refractivity contribution < 1.29 is 9.18 Å². The smallest absolute Gasteiger partial charge is 0.255 e. The van der Waals surface area contributed by atoms with Gasteiger partial charge in [-0.2, -0.15) is 0 Å². The Morgan fingerprint density at radius 2 is 1.90 bits per heavy atom. The van der Waals surface area contributed by atoms with Crippen LogP contribution in [0.3, 0.4) is 0 Å². The minimum absolute atomic E-state index is 0.0692. The van der Waals surface area contributed by atoms with E-state index in [1.165, 1.54) is 12.8 Å². The molecule has 0 spiro atoms. The zero-order chi connectivity index (χ0) is 30.4. The zero-order valence-electron chi connectivity index (χ0n) is 25.3. The van der Waals surface area contributed by atoms with E-state index in [1.54, 1.807) is 18.3 Å². The third kappa shape index (κ3) is 10.9. The molecule has 1 saturated heterocycles. The summed E-state index contributed by atoms with van der Waals surface area (Å²) in [4.78, 5) is 23.7. The summed E-state index contributed by atoms with van der Waals surface area (Å²) in [5.41, 5.74) is 3.00. The number of aromatic nitrogens is 2. The van der Waals surface area contributed by atoms with Gasteiger partial charge in [0.25, 0.3) is 5.91 Å². The maximum absolute atomic E-state index is 13.4. The number of halogens is 2. The van der Waals surface area contributed by atoms with E-state index in [4.69, 9.17) is 11.6 Å². The van der Waals surface area contributed by atoms with Crippen molar-refractivity contribution in [2.75, 3.05) is 23.7 Å². The van der Waals surface area contributed by atoms with Crippen LogP contribution in [0.4, 0.5) is 15.9 Å². The van der Waals surface area contributed by atoms with Crippen LogP contribution in [0.1, 0.15) is 88.3 Å². The molecule has 0 aliphatic carbocycles. The van der Waals surface area contributed by atoms with Gasteiger partial charge in [-0.3, -0.25) is 14.7 Å². The average Bonchev–Trinajstić information content (AvgIpc) is 3.35. The van der Waals surface area contributed by atoms with Crippen molar-refractivity contribution in [1.82, 2.24) is 14.9 Å². The maximum Gasteiger partial charge on any atom is 0.255 e. The number of benzene rings is 2. The summed E-state index contributed by atoms with van der Waals surface area (Å²) in [6.07, 6.45) is 5.82. The first-order valence-corrected chi connectivity index (χ1v) is 14.8. The molecule has 1 unspecified atom stereocenters. The molecule has 2 atom stereocenters. The molecule has 6 nitrogen and oxygen atoms in total. The lowest BCUT2D eigenvalue weighted by Gasteiger charge is -2.17. The third-order valence-corrected chi connectivity index (χ3v) is 6.44. The lowest BCUT2D eigenvalue weighted by molar-refractivity contribution is 0.102. The van der Waals surface area contributed by atoms with Crippen LogP contribution in [0.2, 0.25) is 5.02 Å². The average molecular weight is 582 g/mol. The second-order valence-corrected chi connectivity index (χ2v) is 10.6. The van der Waals surface area contributed by atoms with Gasteiger partial charge < -0.3 is 10.6 Å². The van der Waals surface area contributed by atoms with E-state index in [2.05, 4.69) is 54.9 Å². The SMILES string of the molecule is C=c1nc(NC(C)c2cccc(NC(=O)c3ccc(CN4CC[C@@H](F)C4)c(Cl)c3)c2)cn/c1=C/C.CCC.CCC. The van der Waals surface area contributed by atoms with Gasteiger partial charge in [-0.1, -0.05) is 83.0 Å². The molecule has 4 rings (SSSR count). The second kappa shape index (κ2) is 17.5. The van der Waals surface area contributed by atoms with E-state index in [0.717, 1.165) is 23.0 Å². The van der Waals surface area contributed by atoms with Crippen molar-refractivity contribution >= 4 is 41.7 Å². The summed E-state index contributed by atoms with van der Waals surface area (Å²) in [6, 6.07) is 12.8. The zero-order valence-corrected chi connectivity index (χ0v) is 26.1. The first-order chi connectivity index (χ1) is 19.6. The Balaban J connectivity index is 0.000000901. The highest BCUT2D eigenvalue weighted by Gasteiger charge is 2.22. The van der Waals surface area contributed by atoms with Gasteiger partial charge in [0, 0.05) is 35.9 Å². The molecular weight excluding hydrogens is 537 g/mol.